The summed E-state index contributed by atoms with van der Waals surface area (Å²) in [6.07, 6.45) is 3.76. The molecule has 0 atom stereocenters. The van der Waals surface area contributed by atoms with Crippen LogP contribution in [0, 0.1) is 6.92 Å². The lowest BCUT2D eigenvalue weighted by Crippen LogP contribution is -1.93. The van der Waals surface area contributed by atoms with E-state index in [9.17, 15) is 0 Å². The maximum atomic E-state index is 6.09. The van der Waals surface area contributed by atoms with Crippen molar-refractivity contribution in [1.82, 2.24) is 14.4 Å². The summed E-state index contributed by atoms with van der Waals surface area (Å²) < 4.78 is 3.05. The van der Waals surface area contributed by atoms with Crippen molar-refractivity contribution < 1.29 is 0 Å². The highest BCUT2D eigenvalue weighted by molar-refractivity contribution is 9.10. The molecule has 0 aliphatic carbocycles. The maximum absolute atomic E-state index is 6.09. The molecule has 0 radical (unpaired) electrons. The van der Waals surface area contributed by atoms with Crippen LogP contribution in [0.15, 0.2) is 41.1 Å². The first-order valence-electron chi connectivity index (χ1n) is 5.85. The fourth-order valence-corrected chi connectivity index (χ4v) is 2.62. The number of nitrogens with zero attached hydrogens (tertiary/aromatic N) is 3. The summed E-state index contributed by atoms with van der Waals surface area (Å²) in [6.45, 7) is 2.04. The SMILES string of the molecule is Cc1cc2nc(-c3ccccn3)c(CCl)n2cc1Br. The van der Waals surface area contributed by atoms with Crippen LogP contribution in [0.25, 0.3) is 17.0 Å². The van der Waals surface area contributed by atoms with Gasteiger partial charge in [-0.05, 0) is 46.6 Å². The molecule has 0 fully saturated rings. The number of aryl methyl sites for hydroxylation is 1. The van der Waals surface area contributed by atoms with Gasteiger partial charge >= 0.3 is 0 Å². The predicted octanol–water partition coefficient (Wildman–Crippen LogP) is 4.21. The van der Waals surface area contributed by atoms with E-state index in [1.165, 1.54) is 0 Å². The van der Waals surface area contributed by atoms with Crippen molar-refractivity contribution in [2.45, 2.75) is 12.8 Å². The second-order valence-corrected chi connectivity index (χ2v) is 5.41. The molecule has 0 saturated carbocycles. The number of hydrogen-bond acceptors (Lipinski definition) is 2. The largest absolute Gasteiger partial charge is 0.301 e. The first-order valence-corrected chi connectivity index (χ1v) is 7.18. The van der Waals surface area contributed by atoms with Crippen molar-refractivity contribution >= 4 is 33.2 Å². The highest BCUT2D eigenvalue weighted by Crippen LogP contribution is 2.27. The number of halogens is 2. The molecule has 3 heterocycles. The van der Waals surface area contributed by atoms with Crippen molar-refractivity contribution in [3.8, 4) is 11.4 Å². The molecular weight excluding hydrogens is 326 g/mol. The molecule has 19 heavy (non-hydrogen) atoms. The van der Waals surface area contributed by atoms with Gasteiger partial charge in [-0.3, -0.25) is 4.98 Å². The van der Waals surface area contributed by atoms with Gasteiger partial charge in [0.2, 0.25) is 0 Å². The van der Waals surface area contributed by atoms with Crippen LogP contribution in [0.1, 0.15) is 11.3 Å². The molecule has 5 heteroatoms. The van der Waals surface area contributed by atoms with E-state index in [4.69, 9.17) is 11.6 Å². The van der Waals surface area contributed by atoms with Gasteiger partial charge in [-0.2, -0.15) is 0 Å². The van der Waals surface area contributed by atoms with Gasteiger partial charge in [0.05, 0.1) is 17.3 Å². The van der Waals surface area contributed by atoms with Crippen molar-refractivity contribution in [2.24, 2.45) is 0 Å². The van der Waals surface area contributed by atoms with Gasteiger partial charge in [0, 0.05) is 16.9 Å². The highest BCUT2D eigenvalue weighted by atomic mass is 79.9. The van der Waals surface area contributed by atoms with Gasteiger partial charge in [0.1, 0.15) is 11.3 Å². The molecule has 0 aliphatic heterocycles. The van der Waals surface area contributed by atoms with Crippen LogP contribution in [-0.4, -0.2) is 14.4 Å². The van der Waals surface area contributed by atoms with E-state index in [0.29, 0.717) is 5.88 Å². The fraction of sp³-hybridized carbons (Fsp3) is 0.143. The number of rotatable bonds is 2. The first kappa shape index (κ1) is 12.6. The molecule has 0 saturated heterocycles. The Morgan fingerprint density at radius 2 is 2.21 bits per heavy atom. The molecule has 3 rings (SSSR count). The first-order chi connectivity index (χ1) is 9.20. The van der Waals surface area contributed by atoms with Gasteiger partial charge in [0.15, 0.2) is 0 Å². The molecule has 0 aromatic carbocycles. The summed E-state index contributed by atoms with van der Waals surface area (Å²) in [5, 5.41) is 0. The van der Waals surface area contributed by atoms with Crippen LogP contribution >= 0.6 is 27.5 Å². The Morgan fingerprint density at radius 1 is 1.37 bits per heavy atom. The summed E-state index contributed by atoms with van der Waals surface area (Å²) in [6, 6.07) is 7.82. The van der Waals surface area contributed by atoms with E-state index < -0.39 is 0 Å². The zero-order valence-electron chi connectivity index (χ0n) is 10.3. The maximum Gasteiger partial charge on any atom is 0.138 e. The van der Waals surface area contributed by atoms with Crippen LogP contribution in [0.3, 0.4) is 0 Å². The molecule has 3 aromatic rings. The van der Waals surface area contributed by atoms with Crippen molar-refractivity contribution in [3.63, 3.8) is 0 Å². The zero-order chi connectivity index (χ0) is 13.4. The minimum absolute atomic E-state index is 0.391. The average Bonchev–Trinajstić information content (AvgIpc) is 2.78. The fourth-order valence-electron chi connectivity index (χ4n) is 2.04. The molecule has 0 aliphatic rings. The number of hydrogen-bond donors (Lipinski definition) is 0. The second kappa shape index (κ2) is 4.94. The molecule has 3 aromatic heterocycles. The topological polar surface area (TPSA) is 30.2 Å². The average molecular weight is 337 g/mol. The Bertz CT molecular complexity index is 737. The number of pyridine rings is 2. The monoisotopic (exact) mass is 335 g/mol. The molecule has 0 spiro atoms. The van der Waals surface area contributed by atoms with E-state index in [2.05, 4.69) is 25.9 Å². The minimum Gasteiger partial charge on any atom is -0.301 e. The van der Waals surface area contributed by atoms with Crippen LogP contribution in [0.2, 0.25) is 0 Å². The summed E-state index contributed by atoms with van der Waals surface area (Å²) in [7, 11) is 0. The summed E-state index contributed by atoms with van der Waals surface area (Å²) in [4.78, 5) is 9.00. The van der Waals surface area contributed by atoms with E-state index >= 15 is 0 Å². The number of fused-ring (bicyclic) bond motifs is 1. The van der Waals surface area contributed by atoms with Gasteiger partial charge in [-0.1, -0.05) is 6.07 Å². The van der Waals surface area contributed by atoms with E-state index in [1.54, 1.807) is 6.20 Å². The van der Waals surface area contributed by atoms with E-state index in [0.717, 1.165) is 32.8 Å². The lowest BCUT2D eigenvalue weighted by molar-refractivity contribution is 1.07. The Balaban J connectivity index is 2.31. The molecule has 96 valence electrons. The third-order valence-corrected chi connectivity index (χ3v) is 4.12. The number of imidazole rings is 1. The third kappa shape index (κ3) is 2.15. The summed E-state index contributed by atoms with van der Waals surface area (Å²) in [5.74, 6) is 0.391. The minimum atomic E-state index is 0.391. The predicted molar refractivity (Wildman–Crippen MR) is 80.4 cm³/mol. The van der Waals surface area contributed by atoms with E-state index in [1.807, 2.05) is 41.8 Å². The Labute approximate surface area is 124 Å². The van der Waals surface area contributed by atoms with Crippen LogP contribution < -0.4 is 0 Å². The Hall–Kier alpha value is -1.39. The molecular formula is C14H11BrClN3. The lowest BCUT2D eigenvalue weighted by atomic mass is 10.2. The number of alkyl halides is 1. The molecule has 0 amide bonds. The smallest absolute Gasteiger partial charge is 0.138 e. The van der Waals surface area contributed by atoms with Crippen molar-refractivity contribution in [2.75, 3.05) is 0 Å². The molecule has 0 bridgehead atoms. The van der Waals surface area contributed by atoms with Crippen LogP contribution in [0.5, 0.6) is 0 Å². The van der Waals surface area contributed by atoms with Gasteiger partial charge in [0.25, 0.3) is 0 Å². The highest BCUT2D eigenvalue weighted by Gasteiger charge is 2.14. The quantitative estimate of drug-likeness (QED) is 0.656. The van der Waals surface area contributed by atoms with Crippen LogP contribution in [0.4, 0.5) is 0 Å². The number of aromatic nitrogens is 3. The standard InChI is InChI=1S/C14H11BrClN3/c1-9-6-13-18-14(11-4-2-3-5-17-11)12(7-16)19(13)8-10(9)15/h2-6,8H,7H2,1H3. The van der Waals surface area contributed by atoms with Gasteiger partial charge in [-0.25, -0.2) is 4.98 Å². The Kier molecular flexibility index (Phi) is 3.29. The second-order valence-electron chi connectivity index (χ2n) is 4.29. The van der Waals surface area contributed by atoms with Crippen molar-refractivity contribution in [3.05, 3.63) is 52.4 Å². The molecule has 0 N–H and O–H groups in total. The lowest BCUT2D eigenvalue weighted by Gasteiger charge is -2.03. The molecule has 0 unspecified atom stereocenters. The van der Waals surface area contributed by atoms with E-state index in [-0.39, 0.29) is 0 Å². The normalized spacial score (nSPS) is 11.1. The van der Waals surface area contributed by atoms with Crippen LogP contribution in [-0.2, 0) is 5.88 Å². The molecule has 3 nitrogen and oxygen atoms in total. The third-order valence-electron chi connectivity index (χ3n) is 3.04. The summed E-state index contributed by atoms with van der Waals surface area (Å²) in [5.41, 5.74) is 4.67. The Morgan fingerprint density at radius 3 is 2.89 bits per heavy atom. The van der Waals surface area contributed by atoms with Gasteiger partial charge in [-0.15, -0.1) is 11.6 Å². The zero-order valence-corrected chi connectivity index (χ0v) is 12.6. The van der Waals surface area contributed by atoms with Gasteiger partial charge < -0.3 is 4.40 Å². The summed E-state index contributed by atoms with van der Waals surface area (Å²) >= 11 is 9.63. The van der Waals surface area contributed by atoms with Crippen molar-refractivity contribution in [1.29, 1.82) is 0 Å².